The van der Waals surface area contributed by atoms with Gasteiger partial charge in [0.2, 0.25) is 0 Å². The first-order valence-corrected chi connectivity index (χ1v) is 5.38. The minimum Gasteiger partial charge on any atom is -0.392 e. The van der Waals surface area contributed by atoms with Crippen LogP contribution in [0.15, 0.2) is 0 Å². The van der Waals surface area contributed by atoms with Gasteiger partial charge in [0.1, 0.15) is 0 Å². The maximum Gasteiger partial charge on any atom is 0.0667 e. The number of nitrogens with zero attached hydrogens (tertiary/aromatic N) is 1. The van der Waals surface area contributed by atoms with Gasteiger partial charge in [-0.2, -0.15) is 5.26 Å². The molecule has 0 spiro atoms. The highest BCUT2D eigenvalue weighted by molar-refractivity contribution is 4.80. The molecule has 0 bridgehead atoms. The molecule has 0 saturated heterocycles. The van der Waals surface area contributed by atoms with Gasteiger partial charge in [-0.05, 0) is 18.8 Å². The number of nitriles is 1. The molecular formula is C11H22N2O. The molecule has 0 rings (SSSR count). The zero-order chi connectivity index (χ0) is 11.0. The standard InChI is InChI=1S/C11H22N2O/c1-4-10(5-6-12)13-8-11(14)7-9(2)3/h9-11,13-14H,4-5,7-8H2,1-3H3. The zero-order valence-electron chi connectivity index (χ0n) is 9.45. The summed E-state index contributed by atoms with van der Waals surface area (Å²) in [4.78, 5) is 0. The Morgan fingerprint density at radius 2 is 2.07 bits per heavy atom. The molecule has 14 heavy (non-hydrogen) atoms. The van der Waals surface area contributed by atoms with Crippen molar-refractivity contribution in [3.8, 4) is 6.07 Å². The second kappa shape index (κ2) is 7.78. The third kappa shape index (κ3) is 6.88. The van der Waals surface area contributed by atoms with Crippen molar-refractivity contribution in [3.63, 3.8) is 0 Å². The topological polar surface area (TPSA) is 56.0 Å². The summed E-state index contributed by atoms with van der Waals surface area (Å²) >= 11 is 0. The second-order valence-electron chi connectivity index (χ2n) is 4.16. The summed E-state index contributed by atoms with van der Waals surface area (Å²) < 4.78 is 0. The molecular weight excluding hydrogens is 176 g/mol. The maximum absolute atomic E-state index is 9.59. The molecule has 0 heterocycles. The van der Waals surface area contributed by atoms with Gasteiger partial charge in [-0.25, -0.2) is 0 Å². The Bertz CT molecular complexity index is 175. The Kier molecular flexibility index (Phi) is 7.45. The highest BCUT2D eigenvalue weighted by Crippen LogP contribution is 2.04. The summed E-state index contributed by atoms with van der Waals surface area (Å²) in [6.45, 7) is 6.83. The average Bonchev–Trinajstić information content (AvgIpc) is 2.11. The van der Waals surface area contributed by atoms with Crippen LogP contribution < -0.4 is 5.32 Å². The van der Waals surface area contributed by atoms with Gasteiger partial charge in [-0.1, -0.05) is 20.8 Å². The summed E-state index contributed by atoms with van der Waals surface area (Å²) in [5, 5.41) is 21.3. The fourth-order valence-electron chi connectivity index (χ4n) is 1.40. The van der Waals surface area contributed by atoms with Crippen molar-refractivity contribution < 1.29 is 5.11 Å². The molecule has 2 unspecified atom stereocenters. The first kappa shape index (κ1) is 13.4. The molecule has 0 aliphatic rings. The number of aliphatic hydroxyl groups excluding tert-OH is 1. The van der Waals surface area contributed by atoms with E-state index >= 15 is 0 Å². The summed E-state index contributed by atoms with van der Waals surface area (Å²) in [5.41, 5.74) is 0. The van der Waals surface area contributed by atoms with Crippen LogP contribution in [0.5, 0.6) is 0 Å². The van der Waals surface area contributed by atoms with Crippen LogP contribution in [-0.2, 0) is 0 Å². The fourth-order valence-corrected chi connectivity index (χ4v) is 1.40. The van der Waals surface area contributed by atoms with Gasteiger partial charge in [0.15, 0.2) is 0 Å². The Balaban J connectivity index is 3.63. The van der Waals surface area contributed by atoms with Crippen molar-refractivity contribution in [2.24, 2.45) is 5.92 Å². The third-order valence-corrected chi connectivity index (χ3v) is 2.22. The highest BCUT2D eigenvalue weighted by atomic mass is 16.3. The van der Waals surface area contributed by atoms with E-state index in [9.17, 15) is 5.11 Å². The number of nitrogens with one attached hydrogen (secondary N) is 1. The van der Waals surface area contributed by atoms with E-state index in [2.05, 4.69) is 25.2 Å². The van der Waals surface area contributed by atoms with Crippen molar-refractivity contribution in [1.29, 1.82) is 5.26 Å². The molecule has 0 radical (unpaired) electrons. The van der Waals surface area contributed by atoms with E-state index < -0.39 is 0 Å². The maximum atomic E-state index is 9.59. The van der Waals surface area contributed by atoms with Crippen LogP contribution in [0.4, 0.5) is 0 Å². The molecule has 3 nitrogen and oxygen atoms in total. The number of aliphatic hydroxyl groups is 1. The average molecular weight is 198 g/mol. The molecule has 0 saturated carbocycles. The van der Waals surface area contributed by atoms with Gasteiger partial charge in [-0.3, -0.25) is 0 Å². The molecule has 2 atom stereocenters. The van der Waals surface area contributed by atoms with Crippen LogP contribution in [0.1, 0.15) is 40.0 Å². The Labute approximate surface area is 87.1 Å². The van der Waals surface area contributed by atoms with E-state index in [-0.39, 0.29) is 12.1 Å². The summed E-state index contributed by atoms with van der Waals surface area (Å²) in [6.07, 6.45) is 1.98. The van der Waals surface area contributed by atoms with Crippen LogP contribution in [-0.4, -0.2) is 23.8 Å². The van der Waals surface area contributed by atoms with Crippen molar-refractivity contribution in [1.82, 2.24) is 5.32 Å². The largest absolute Gasteiger partial charge is 0.392 e. The van der Waals surface area contributed by atoms with E-state index in [4.69, 9.17) is 5.26 Å². The van der Waals surface area contributed by atoms with Gasteiger partial charge in [0.25, 0.3) is 0 Å². The molecule has 3 heteroatoms. The molecule has 0 aliphatic carbocycles. The van der Waals surface area contributed by atoms with Gasteiger partial charge in [-0.15, -0.1) is 0 Å². The van der Waals surface area contributed by atoms with Crippen LogP contribution in [0.25, 0.3) is 0 Å². The predicted molar refractivity (Wildman–Crippen MR) is 57.8 cm³/mol. The predicted octanol–water partition coefficient (Wildman–Crippen LogP) is 1.68. The van der Waals surface area contributed by atoms with Crippen LogP contribution in [0.2, 0.25) is 0 Å². The monoisotopic (exact) mass is 198 g/mol. The Morgan fingerprint density at radius 1 is 1.43 bits per heavy atom. The van der Waals surface area contributed by atoms with Crippen molar-refractivity contribution in [2.75, 3.05) is 6.54 Å². The van der Waals surface area contributed by atoms with Crippen molar-refractivity contribution in [3.05, 3.63) is 0 Å². The van der Waals surface area contributed by atoms with Gasteiger partial charge >= 0.3 is 0 Å². The minimum atomic E-state index is -0.289. The first-order chi connectivity index (χ1) is 6.60. The zero-order valence-corrected chi connectivity index (χ0v) is 9.45. The van der Waals surface area contributed by atoms with Gasteiger partial charge in [0.05, 0.1) is 18.6 Å². The molecule has 0 fully saturated rings. The molecule has 0 aromatic carbocycles. The normalized spacial score (nSPS) is 15.1. The van der Waals surface area contributed by atoms with Crippen LogP contribution in [0, 0.1) is 17.2 Å². The minimum absolute atomic E-state index is 0.224. The summed E-state index contributed by atoms with van der Waals surface area (Å²) in [5.74, 6) is 0.517. The Morgan fingerprint density at radius 3 is 2.50 bits per heavy atom. The van der Waals surface area contributed by atoms with E-state index in [1.165, 1.54) is 0 Å². The lowest BCUT2D eigenvalue weighted by Gasteiger charge is -2.18. The van der Waals surface area contributed by atoms with Crippen molar-refractivity contribution >= 4 is 0 Å². The molecule has 0 aromatic rings. The van der Waals surface area contributed by atoms with E-state index in [1.54, 1.807) is 0 Å². The first-order valence-electron chi connectivity index (χ1n) is 5.38. The molecule has 0 aromatic heterocycles. The van der Waals surface area contributed by atoms with Gasteiger partial charge in [0, 0.05) is 12.6 Å². The van der Waals surface area contributed by atoms with Crippen LogP contribution >= 0.6 is 0 Å². The highest BCUT2D eigenvalue weighted by Gasteiger charge is 2.10. The van der Waals surface area contributed by atoms with E-state index in [1.807, 2.05) is 6.92 Å². The number of hydrogen-bond donors (Lipinski definition) is 2. The van der Waals surface area contributed by atoms with E-state index in [0.717, 1.165) is 12.8 Å². The summed E-state index contributed by atoms with van der Waals surface area (Å²) in [7, 11) is 0. The van der Waals surface area contributed by atoms with Gasteiger partial charge < -0.3 is 10.4 Å². The SMILES string of the molecule is CCC(CC#N)NCC(O)CC(C)C. The van der Waals surface area contributed by atoms with E-state index in [0.29, 0.717) is 18.9 Å². The lowest BCUT2D eigenvalue weighted by Crippen LogP contribution is -2.35. The Hall–Kier alpha value is -0.590. The molecule has 82 valence electrons. The molecule has 0 amide bonds. The third-order valence-electron chi connectivity index (χ3n) is 2.22. The number of hydrogen-bond acceptors (Lipinski definition) is 3. The fraction of sp³-hybridized carbons (Fsp3) is 0.909. The molecule has 2 N–H and O–H groups in total. The lowest BCUT2D eigenvalue weighted by molar-refractivity contribution is 0.142. The number of rotatable bonds is 7. The smallest absolute Gasteiger partial charge is 0.0667 e. The quantitative estimate of drug-likeness (QED) is 0.654. The lowest BCUT2D eigenvalue weighted by atomic mass is 10.1. The van der Waals surface area contributed by atoms with Crippen molar-refractivity contribution in [2.45, 2.75) is 52.2 Å². The summed E-state index contributed by atoms with van der Waals surface area (Å²) in [6, 6.07) is 2.36. The van der Waals surface area contributed by atoms with Crippen LogP contribution in [0.3, 0.4) is 0 Å². The molecule has 0 aliphatic heterocycles. The second-order valence-corrected chi connectivity index (χ2v) is 4.16.